The van der Waals surface area contributed by atoms with Gasteiger partial charge in [-0.2, -0.15) is 13.2 Å². The van der Waals surface area contributed by atoms with Gasteiger partial charge in [-0.15, -0.1) is 0 Å². The molecule has 8 nitrogen and oxygen atoms in total. The van der Waals surface area contributed by atoms with Gasteiger partial charge in [-0.3, -0.25) is 14.9 Å². The standard InChI is InChI=1S/C23H18F3N3O5S/c24-23(25,26)17(20(31)32)9-27-19(30)18-10-28-21(35-18)29-22(33)34-11-16-14-7-3-1-5-12(14)13-6-2-4-8-15(13)16/h1-8,10,16-17H,9,11H2,(H,27,30)(H,31,32)(H,28,29,33). The van der Waals surface area contributed by atoms with Crippen LogP contribution in [-0.4, -0.2) is 47.4 Å². The first-order valence-electron chi connectivity index (χ1n) is 10.3. The Balaban J connectivity index is 1.34. The normalized spacial score (nSPS) is 13.5. The number of hydrogen-bond acceptors (Lipinski definition) is 6. The summed E-state index contributed by atoms with van der Waals surface area (Å²) >= 11 is 0.708. The minimum atomic E-state index is -5.01. The van der Waals surface area contributed by atoms with Gasteiger partial charge < -0.3 is 15.2 Å². The highest BCUT2D eigenvalue weighted by Gasteiger charge is 2.45. The molecule has 0 saturated carbocycles. The Bertz CT molecular complexity index is 1230. The third-order valence-corrected chi connectivity index (χ3v) is 6.35. The van der Waals surface area contributed by atoms with Crippen LogP contribution in [0.3, 0.4) is 0 Å². The maximum Gasteiger partial charge on any atom is 0.413 e. The highest BCUT2D eigenvalue weighted by Crippen LogP contribution is 2.44. The summed E-state index contributed by atoms with van der Waals surface area (Å²) in [5, 5.41) is 13.0. The fourth-order valence-corrected chi connectivity index (χ4v) is 4.50. The molecule has 35 heavy (non-hydrogen) atoms. The van der Waals surface area contributed by atoms with Crippen molar-refractivity contribution in [3.8, 4) is 11.1 Å². The summed E-state index contributed by atoms with van der Waals surface area (Å²) in [6.45, 7) is -1.07. The molecule has 1 aliphatic carbocycles. The summed E-state index contributed by atoms with van der Waals surface area (Å²) in [5.74, 6) is -5.93. The van der Waals surface area contributed by atoms with Gasteiger partial charge in [0.1, 0.15) is 11.5 Å². The monoisotopic (exact) mass is 505 g/mol. The molecule has 0 saturated heterocycles. The van der Waals surface area contributed by atoms with E-state index in [9.17, 15) is 27.6 Å². The van der Waals surface area contributed by atoms with Gasteiger partial charge in [0.2, 0.25) is 0 Å². The molecule has 1 aromatic heterocycles. The molecule has 1 aliphatic rings. The molecule has 0 bridgehead atoms. The highest BCUT2D eigenvalue weighted by atomic mass is 32.1. The molecule has 3 aromatic rings. The van der Waals surface area contributed by atoms with Crippen LogP contribution in [0.4, 0.5) is 23.1 Å². The van der Waals surface area contributed by atoms with E-state index in [2.05, 4.69) is 10.3 Å². The number of aromatic nitrogens is 1. The zero-order valence-electron chi connectivity index (χ0n) is 17.8. The minimum Gasteiger partial charge on any atom is -0.481 e. The maximum absolute atomic E-state index is 12.7. The van der Waals surface area contributed by atoms with Crippen molar-refractivity contribution in [3.63, 3.8) is 0 Å². The van der Waals surface area contributed by atoms with Crippen molar-refractivity contribution in [2.75, 3.05) is 18.5 Å². The number of fused-ring (bicyclic) bond motifs is 3. The number of carboxylic acid groups (broad SMARTS) is 1. The Hall–Kier alpha value is -3.93. The van der Waals surface area contributed by atoms with Crippen LogP contribution in [0.25, 0.3) is 11.1 Å². The van der Waals surface area contributed by atoms with Gasteiger partial charge in [0.15, 0.2) is 11.0 Å². The largest absolute Gasteiger partial charge is 0.481 e. The molecular weight excluding hydrogens is 487 g/mol. The molecule has 182 valence electrons. The highest BCUT2D eigenvalue weighted by molar-refractivity contribution is 7.17. The molecule has 0 spiro atoms. The Morgan fingerprint density at radius 1 is 1.06 bits per heavy atom. The number of alkyl halides is 3. The Labute approximate surface area is 200 Å². The number of rotatable bonds is 7. The number of aliphatic carboxylic acids is 1. The lowest BCUT2D eigenvalue weighted by molar-refractivity contribution is -0.192. The van der Waals surface area contributed by atoms with Gasteiger partial charge in [-0.25, -0.2) is 9.78 Å². The first-order chi connectivity index (χ1) is 16.6. The van der Waals surface area contributed by atoms with Crippen LogP contribution in [0.5, 0.6) is 0 Å². The van der Waals surface area contributed by atoms with Gasteiger partial charge in [0.05, 0.1) is 6.20 Å². The summed E-state index contributed by atoms with van der Waals surface area (Å²) in [6.07, 6.45) is -4.76. The molecule has 0 radical (unpaired) electrons. The number of amides is 2. The van der Waals surface area contributed by atoms with E-state index in [4.69, 9.17) is 9.84 Å². The summed E-state index contributed by atoms with van der Waals surface area (Å²) in [4.78, 5) is 38.9. The number of nitrogens with one attached hydrogen (secondary N) is 2. The molecule has 2 aromatic carbocycles. The number of carbonyl (C=O) groups is 3. The van der Waals surface area contributed by atoms with E-state index in [1.165, 1.54) is 0 Å². The fourth-order valence-electron chi connectivity index (χ4n) is 3.78. The zero-order chi connectivity index (χ0) is 25.2. The first-order valence-corrected chi connectivity index (χ1v) is 11.1. The van der Waals surface area contributed by atoms with Crippen molar-refractivity contribution in [3.05, 3.63) is 70.7 Å². The molecule has 12 heteroatoms. The number of hydrogen-bond donors (Lipinski definition) is 3. The lowest BCUT2D eigenvalue weighted by Gasteiger charge is -2.16. The van der Waals surface area contributed by atoms with E-state index < -0.39 is 36.6 Å². The van der Waals surface area contributed by atoms with Crippen LogP contribution in [0.15, 0.2) is 54.7 Å². The van der Waals surface area contributed by atoms with Crippen molar-refractivity contribution in [1.29, 1.82) is 0 Å². The Morgan fingerprint density at radius 3 is 2.23 bits per heavy atom. The lowest BCUT2D eigenvalue weighted by Crippen LogP contribution is -2.41. The number of carboxylic acids is 1. The second kappa shape index (κ2) is 9.74. The molecule has 1 atom stereocenters. The van der Waals surface area contributed by atoms with Crippen LogP contribution in [0.2, 0.25) is 0 Å². The molecule has 3 N–H and O–H groups in total. The molecule has 1 heterocycles. The summed E-state index contributed by atoms with van der Waals surface area (Å²) in [6, 6.07) is 15.6. The lowest BCUT2D eigenvalue weighted by atomic mass is 9.98. The van der Waals surface area contributed by atoms with Gasteiger partial charge in [0, 0.05) is 12.5 Å². The summed E-state index contributed by atoms with van der Waals surface area (Å²) in [5.41, 5.74) is 4.22. The Morgan fingerprint density at radius 2 is 1.66 bits per heavy atom. The predicted octanol–water partition coefficient (Wildman–Crippen LogP) is 4.50. The van der Waals surface area contributed by atoms with Crippen molar-refractivity contribution in [1.82, 2.24) is 10.3 Å². The third-order valence-electron chi connectivity index (χ3n) is 5.44. The third kappa shape index (κ3) is 5.27. The number of benzene rings is 2. The van der Waals surface area contributed by atoms with Crippen LogP contribution in [0, 0.1) is 5.92 Å². The number of nitrogens with zero attached hydrogens (tertiary/aromatic N) is 1. The topological polar surface area (TPSA) is 118 Å². The quantitative estimate of drug-likeness (QED) is 0.435. The molecule has 2 amide bonds. The summed E-state index contributed by atoms with van der Waals surface area (Å²) < 4.78 is 43.5. The van der Waals surface area contributed by atoms with Gasteiger partial charge in [-0.05, 0) is 22.3 Å². The van der Waals surface area contributed by atoms with Crippen molar-refractivity contribution in [2.45, 2.75) is 12.1 Å². The Kier molecular flexibility index (Phi) is 6.74. The summed E-state index contributed by atoms with van der Waals surface area (Å²) in [7, 11) is 0. The molecule has 0 fully saturated rings. The van der Waals surface area contributed by atoms with Gasteiger partial charge in [0.25, 0.3) is 5.91 Å². The first kappa shape index (κ1) is 24.2. The van der Waals surface area contributed by atoms with E-state index in [0.717, 1.165) is 28.5 Å². The SMILES string of the molecule is O=C(Nc1ncc(C(=O)NCC(C(=O)O)C(F)(F)F)s1)OCC1c2ccccc2-c2ccccc21. The molecule has 0 aliphatic heterocycles. The van der Waals surface area contributed by atoms with Crippen molar-refractivity contribution >= 4 is 34.4 Å². The second-order valence-corrected chi connectivity index (χ2v) is 8.65. The number of carbonyl (C=O) groups excluding carboxylic acids is 2. The number of ether oxygens (including phenoxy) is 1. The second-order valence-electron chi connectivity index (χ2n) is 7.62. The van der Waals surface area contributed by atoms with Crippen molar-refractivity contribution < 1.29 is 37.4 Å². The van der Waals surface area contributed by atoms with E-state index in [1.807, 2.05) is 53.8 Å². The van der Waals surface area contributed by atoms with Crippen LogP contribution >= 0.6 is 11.3 Å². The van der Waals surface area contributed by atoms with Crippen LogP contribution in [0.1, 0.15) is 26.7 Å². The molecule has 4 rings (SSSR count). The smallest absolute Gasteiger partial charge is 0.413 e. The average molecular weight is 505 g/mol. The fraction of sp³-hybridized carbons (Fsp3) is 0.217. The van der Waals surface area contributed by atoms with E-state index in [-0.39, 0.29) is 22.5 Å². The van der Waals surface area contributed by atoms with Gasteiger partial charge >= 0.3 is 18.2 Å². The van der Waals surface area contributed by atoms with E-state index in [0.29, 0.717) is 11.3 Å². The van der Waals surface area contributed by atoms with Gasteiger partial charge in [-0.1, -0.05) is 59.9 Å². The maximum atomic E-state index is 12.7. The van der Waals surface area contributed by atoms with E-state index in [1.54, 1.807) is 0 Å². The number of anilines is 1. The van der Waals surface area contributed by atoms with Crippen LogP contribution in [-0.2, 0) is 9.53 Å². The average Bonchev–Trinajstić information content (AvgIpc) is 3.39. The molecular formula is C23H18F3N3O5S. The predicted molar refractivity (Wildman–Crippen MR) is 120 cm³/mol. The number of thiazole rings is 1. The van der Waals surface area contributed by atoms with Crippen LogP contribution < -0.4 is 10.6 Å². The zero-order valence-corrected chi connectivity index (χ0v) is 18.7. The van der Waals surface area contributed by atoms with E-state index >= 15 is 0 Å². The minimum absolute atomic E-state index is 0.00187. The van der Waals surface area contributed by atoms with Crippen molar-refractivity contribution in [2.24, 2.45) is 5.92 Å². The molecule has 1 unspecified atom stereocenters. The number of halogens is 3.